The SMILES string of the molecule is CCCC/C=C\CCCCCCCC(=O)O[C@H](COC(=O)CCC/C=C\C/C=C\C/C=C\C/C=C\CCCCCO)COP(=O)(O)OCCN. The predicted molar refractivity (Wildman–Crippen MR) is 202 cm³/mol. The molecule has 0 saturated carbocycles. The summed E-state index contributed by atoms with van der Waals surface area (Å²) < 4.78 is 32.5. The first-order valence-electron chi connectivity index (χ1n) is 18.9. The van der Waals surface area contributed by atoms with E-state index < -0.39 is 32.5 Å². The molecule has 0 aromatic heterocycles. The van der Waals surface area contributed by atoms with Crippen LogP contribution in [-0.2, 0) is 32.7 Å². The van der Waals surface area contributed by atoms with Crippen molar-refractivity contribution in [1.82, 2.24) is 0 Å². The third kappa shape index (κ3) is 35.5. The number of aliphatic hydroxyl groups excluding tert-OH is 1. The summed E-state index contributed by atoms with van der Waals surface area (Å²) in [7, 11) is -4.39. The topological polar surface area (TPSA) is 155 Å². The Kier molecular flexibility index (Phi) is 34.8. The van der Waals surface area contributed by atoms with E-state index in [1.165, 1.54) is 12.8 Å². The number of ether oxygens (including phenoxy) is 2. The van der Waals surface area contributed by atoms with Gasteiger partial charge in [0.15, 0.2) is 6.10 Å². The van der Waals surface area contributed by atoms with Gasteiger partial charge in [-0.05, 0) is 77.0 Å². The first-order chi connectivity index (χ1) is 24.3. The molecule has 4 N–H and O–H groups in total. The van der Waals surface area contributed by atoms with E-state index in [1.54, 1.807) is 0 Å². The summed E-state index contributed by atoms with van der Waals surface area (Å²) in [6, 6.07) is 0. The minimum Gasteiger partial charge on any atom is -0.462 e. The molecule has 0 aliphatic carbocycles. The van der Waals surface area contributed by atoms with Gasteiger partial charge in [0.2, 0.25) is 0 Å². The van der Waals surface area contributed by atoms with Gasteiger partial charge in [-0.1, -0.05) is 106 Å². The third-order valence-electron chi connectivity index (χ3n) is 7.43. The number of aliphatic hydroxyl groups is 1. The van der Waals surface area contributed by atoms with Crippen LogP contribution < -0.4 is 5.73 Å². The van der Waals surface area contributed by atoms with Gasteiger partial charge in [0.1, 0.15) is 6.61 Å². The number of carbonyl (C=O) groups excluding carboxylic acids is 2. The number of hydrogen-bond acceptors (Lipinski definition) is 9. The zero-order valence-electron chi connectivity index (χ0n) is 30.8. The Balaban J connectivity index is 4.32. The Morgan fingerprint density at radius 2 is 1.14 bits per heavy atom. The zero-order chi connectivity index (χ0) is 36.8. The van der Waals surface area contributed by atoms with Gasteiger partial charge in [-0.2, -0.15) is 0 Å². The van der Waals surface area contributed by atoms with Crippen LogP contribution in [0.15, 0.2) is 60.8 Å². The summed E-state index contributed by atoms with van der Waals surface area (Å²) in [5.41, 5.74) is 5.32. The molecule has 0 heterocycles. The van der Waals surface area contributed by atoms with E-state index in [-0.39, 0.29) is 39.2 Å². The number of allylic oxidation sites excluding steroid dienone is 10. The molecular formula is C39H68NO9P. The van der Waals surface area contributed by atoms with Crippen LogP contribution in [0.5, 0.6) is 0 Å². The maximum atomic E-state index is 12.5. The van der Waals surface area contributed by atoms with Gasteiger partial charge in [0.05, 0.1) is 13.2 Å². The van der Waals surface area contributed by atoms with E-state index in [0.29, 0.717) is 12.8 Å². The molecule has 0 radical (unpaired) electrons. The van der Waals surface area contributed by atoms with Crippen LogP contribution in [0, 0.1) is 0 Å². The number of unbranched alkanes of at least 4 members (excludes halogenated alkanes) is 11. The lowest BCUT2D eigenvalue weighted by Crippen LogP contribution is -2.29. The van der Waals surface area contributed by atoms with Crippen molar-refractivity contribution >= 4 is 19.8 Å². The van der Waals surface area contributed by atoms with E-state index in [4.69, 9.17) is 29.4 Å². The van der Waals surface area contributed by atoms with E-state index in [0.717, 1.165) is 89.9 Å². The zero-order valence-corrected chi connectivity index (χ0v) is 31.7. The van der Waals surface area contributed by atoms with Crippen molar-refractivity contribution in [1.29, 1.82) is 0 Å². The number of hydrogen-bond donors (Lipinski definition) is 3. The van der Waals surface area contributed by atoms with Crippen LogP contribution >= 0.6 is 7.82 Å². The molecule has 0 fully saturated rings. The van der Waals surface area contributed by atoms with Crippen molar-refractivity contribution in [3.05, 3.63) is 60.8 Å². The first-order valence-corrected chi connectivity index (χ1v) is 20.4. The van der Waals surface area contributed by atoms with Gasteiger partial charge in [-0.15, -0.1) is 0 Å². The average Bonchev–Trinajstić information content (AvgIpc) is 3.10. The molecule has 0 spiro atoms. The predicted octanol–water partition coefficient (Wildman–Crippen LogP) is 9.13. The second kappa shape index (κ2) is 36.5. The molecule has 0 rings (SSSR count). The van der Waals surface area contributed by atoms with Gasteiger partial charge in [0.25, 0.3) is 0 Å². The number of phosphoric ester groups is 1. The van der Waals surface area contributed by atoms with Crippen molar-refractivity contribution in [2.45, 2.75) is 141 Å². The normalized spacial score (nSPS) is 14.1. The lowest BCUT2D eigenvalue weighted by Gasteiger charge is -2.19. The molecule has 288 valence electrons. The Bertz CT molecular complexity index is 1010. The smallest absolute Gasteiger partial charge is 0.462 e. The van der Waals surface area contributed by atoms with Crippen LogP contribution in [0.25, 0.3) is 0 Å². The lowest BCUT2D eigenvalue weighted by atomic mass is 10.1. The van der Waals surface area contributed by atoms with Crippen molar-refractivity contribution < 1.29 is 42.7 Å². The summed E-state index contributed by atoms with van der Waals surface area (Å²) in [5.74, 6) is -0.928. The Morgan fingerprint density at radius 1 is 0.640 bits per heavy atom. The van der Waals surface area contributed by atoms with Gasteiger partial charge in [0, 0.05) is 26.0 Å². The summed E-state index contributed by atoms with van der Waals surface area (Å²) in [6.07, 6.45) is 38.5. The molecule has 0 bridgehead atoms. The molecular weight excluding hydrogens is 657 g/mol. The van der Waals surface area contributed by atoms with E-state index in [9.17, 15) is 19.0 Å². The molecule has 0 aliphatic heterocycles. The molecule has 0 aliphatic rings. The van der Waals surface area contributed by atoms with Crippen LogP contribution in [0.1, 0.15) is 135 Å². The van der Waals surface area contributed by atoms with Gasteiger partial charge < -0.3 is 25.2 Å². The van der Waals surface area contributed by atoms with Gasteiger partial charge in [-0.3, -0.25) is 18.6 Å². The fourth-order valence-electron chi connectivity index (χ4n) is 4.58. The first kappa shape index (κ1) is 47.7. The second-order valence-corrected chi connectivity index (χ2v) is 13.6. The summed E-state index contributed by atoms with van der Waals surface area (Å²) in [6.45, 7) is 1.59. The van der Waals surface area contributed by atoms with Crippen molar-refractivity contribution in [3.63, 3.8) is 0 Å². The van der Waals surface area contributed by atoms with Crippen molar-refractivity contribution in [2.24, 2.45) is 5.73 Å². The average molecular weight is 726 g/mol. The van der Waals surface area contributed by atoms with Crippen LogP contribution in [0.4, 0.5) is 0 Å². The Labute approximate surface area is 302 Å². The molecule has 11 heteroatoms. The quantitative estimate of drug-likeness (QED) is 0.0249. The number of esters is 2. The highest BCUT2D eigenvalue weighted by atomic mass is 31.2. The summed E-state index contributed by atoms with van der Waals surface area (Å²) >= 11 is 0. The molecule has 0 aromatic rings. The highest BCUT2D eigenvalue weighted by Gasteiger charge is 2.25. The fourth-order valence-corrected chi connectivity index (χ4v) is 5.35. The largest absolute Gasteiger partial charge is 0.472 e. The molecule has 0 saturated heterocycles. The Morgan fingerprint density at radius 3 is 1.74 bits per heavy atom. The maximum absolute atomic E-state index is 12.5. The Hall–Kier alpha value is -2.33. The lowest BCUT2D eigenvalue weighted by molar-refractivity contribution is -0.161. The molecule has 1 unspecified atom stereocenters. The fraction of sp³-hybridized carbons (Fsp3) is 0.692. The van der Waals surface area contributed by atoms with E-state index in [2.05, 4.69) is 61.6 Å². The molecule has 2 atom stereocenters. The standard InChI is InChI=1S/C39H68NO9P/c1-2-3-4-5-6-7-15-19-22-25-28-31-39(43)49-37(36-48-50(44,45)47-34-32-40)35-46-38(42)30-27-24-21-18-16-13-11-9-8-10-12-14-17-20-23-26-29-33-41/h5-6,8,10-11,13-14,17-18,21,37,41H,2-4,7,9,12,15-16,19-20,22-36,40H2,1H3,(H,44,45)/b6-5-,10-8-,13-11-,17-14-,21-18-/t37-/m1/s1. The maximum Gasteiger partial charge on any atom is 0.472 e. The van der Waals surface area contributed by atoms with Crippen molar-refractivity contribution in [3.8, 4) is 0 Å². The van der Waals surface area contributed by atoms with Crippen LogP contribution in [0.3, 0.4) is 0 Å². The monoisotopic (exact) mass is 725 g/mol. The van der Waals surface area contributed by atoms with Crippen LogP contribution in [-0.4, -0.2) is 61.0 Å². The summed E-state index contributed by atoms with van der Waals surface area (Å²) in [5, 5.41) is 8.77. The second-order valence-electron chi connectivity index (χ2n) is 12.2. The molecule has 0 amide bonds. The van der Waals surface area contributed by atoms with Crippen LogP contribution in [0.2, 0.25) is 0 Å². The number of nitrogens with two attached hydrogens (primary N) is 1. The number of phosphoric acid groups is 1. The molecule has 50 heavy (non-hydrogen) atoms. The molecule has 10 nitrogen and oxygen atoms in total. The molecule has 0 aromatic carbocycles. The van der Waals surface area contributed by atoms with Crippen molar-refractivity contribution in [2.75, 3.05) is 33.0 Å². The number of rotatable bonds is 35. The van der Waals surface area contributed by atoms with E-state index in [1.807, 2.05) is 6.08 Å². The minimum absolute atomic E-state index is 0.0379. The highest BCUT2D eigenvalue weighted by Crippen LogP contribution is 2.43. The number of carbonyl (C=O) groups is 2. The van der Waals surface area contributed by atoms with Gasteiger partial charge in [-0.25, -0.2) is 4.57 Å². The minimum atomic E-state index is -4.39. The van der Waals surface area contributed by atoms with E-state index >= 15 is 0 Å². The highest BCUT2D eigenvalue weighted by molar-refractivity contribution is 7.47. The third-order valence-corrected chi connectivity index (χ3v) is 8.41. The van der Waals surface area contributed by atoms with Gasteiger partial charge >= 0.3 is 19.8 Å². The summed E-state index contributed by atoms with van der Waals surface area (Å²) in [4.78, 5) is 34.6.